The Kier molecular flexibility index (Phi) is 7.90. The van der Waals surface area contributed by atoms with Gasteiger partial charge in [-0.25, -0.2) is 0 Å². The molecule has 6 nitrogen and oxygen atoms in total. The molecule has 160 valence electrons. The minimum absolute atomic E-state index is 0.00330. The van der Waals surface area contributed by atoms with Crippen molar-refractivity contribution >= 4 is 35.0 Å². The van der Waals surface area contributed by atoms with Gasteiger partial charge in [0.15, 0.2) is 0 Å². The van der Waals surface area contributed by atoms with Crippen molar-refractivity contribution < 1.29 is 9.59 Å². The number of nitrogens with zero attached hydrogens (tertiary/aromatic N) is 2. The number of piperazine rings is 1. The fourth-order valence-electron chi connectivity index (χ4n) is 3.49. The maximum atomic E-state index is 12.4. The number of hydrogen-bond donors (Lipinski definition) is 2. The summed E-state index contributed by atoms with van der Waals surface area (Å²) < 4.78 is 0. The van der Waals surface area contributed by atoms with Crippen molar-refractivity contribution in [1.29, 1.82) is 0 Å². The van der Waals surface area contributed by atoms with E-state index in [1.165, 1.54) is 5.56 Å². The Labute approximate surface area is 183 Å². The summed E-state index contributed by atoms with van der Waals surface area (Å²) in [6.45, 7) is 7.89. The first-order chi connectivity index (χ1) is 14.4. The molecule has 1 aliphatic heterocycles. The van der Waals surface area contributed by atoms with Crippen LogP contribution in [-0.4, -0.2) is 67.1 Å². The number of aryl methyl sites for hydroxylation is 1. The van der Waals surface area contributed by atoms with Crippen LogP contribution in [0.3, 0.4) is 0 Å². The predicted octanol–water partition coefficient (Wildman–Crippen LogP) is 3.22. The van der Waals surface area contributed by atoms with Crippen molar-refractivity contribution in [2.24, 2.45) is 0 Å². The van der Waals surface area contributed by atoms with E-state index in [2.05, 4.69) is 20.4 Å². The van der Waals surface area contributed by atoms with Gasteiger partial charge in [0, 0.05) is 42.4 Å². The molecule has 0 aromatic heterocycles. The molecule has 3 rings (SSSR count). The molecule has 2 amide bonds. The lowest BCUT2D eigenvalue weighted by molar-refractivity contribution is -0.120. The third-order valence-corrected chi connectivity index (χ3v) is 6.16. The topological polar surface area (TPSA) is 64.7 Å². The van der Waals surface area contributed by atoms with Gasteiger partial charge in [-0.1, -0.05) is 18.2 Å². The number of rotatable bonds is 7. The Bertz CT molecular complexity index is 895. The van der Waals surface area contributed by atoms with Crippen LogP contribution in [0.5, 0.6) is 0 Å². The zero-order chi connectivity index (χ0) is 21.5. The van der Waals surface area contributed by atoms with Crippen LogP contribution in [0, 0.1) is 13.8 Å². The van der Waals surface area contributed by atoms with Crippen LogP contribution in [0.15, 0.2) is 47.4 Å². The molecule has 0 bridgehead atoms. The summed E-state index contributed by atoms with van der Waals surface area (Å²) in [5.74, 6) is -0.00191. The maximum absolute atomic E-state index is 12.4. The first kappa shape index (κ1) is 22.3. The maximum Gasteiger partial charge on any atom is 0.238 e. The molecule has 0 spiro atoms. The summed E-state index contributed by atoms with van der Waals surface area (Å²) in [5.41, 5.74) is 3.97. The molecule has 2 N–H and O–H groups in total. The van der Waals surface area contributed by atoms with Crippen LogP contribution < -0.4 is 10.6 Å². The molecular weight excluding hydrogens is 396 g/mol. The normalized spacial score (nSPS) is 15.0. The van der Waals surface area contributed by atoms with E-state index in [1.54, 1.807) is 11.8 Å². The Morgan fingerprint density at radius 2 is 1.50 bits per heavy atom. The van der Waals surface area contributed by atoms with Crippen LogP contribution in [0.1, 0.15) is 11.1 Å². The fourth-order valence-corrected chi connectivity index (χ4v) is 3.95. The Morgan fingerprint density at radius 3 is 2.13 bits per heavy atom. The summed E-state index contributed by atoms with van der Waals surface area (Å²) >= 11 is 1.65. The van der Waals surface area contributed by atoms with Gasteiger partial charge in [0.1, 0.15) is 0 Å². The number of hydrogen-bond acceptors (Lipinski definition) is 5. The predicted molar refractivity (Wildman–Crippen MR) is 124 cm³/mol. The Hall–Kier alpha value is -2.35. The highest BCUT2D eigenvalue weighted by Gasteiger charge is 2.21. The highest BCUT2D eigenvalue weighted by atomic mass is 32.2. The van der Waals surface area contributed by atoms with Crippen LogP contribution in [0.4, 0.5) is 11.4 Å². The quantitative estimate of drug-likeness (QED) is 0.666. The molecule has 30 heavy (non-hydrogen) atoms. The monoisotopic (exact) mass is 426 g/mol. The van der Waals surface area contributed by atoms with E-state index in [9.17, 15) is 9.59 Å². The molecule has 7 heteroatoms. The highest BCUT2D eigenvalue weighted by Crippen LogP contribution is 2.19. The molecule has 0 aliphatic carbocycles. The summed E-state index contributed by atoms with van der Waals surface area (Å²) in [4.78, 5) is 30.2. The zero-order valence-corrected chi connectivity index (χ0v) is 18.7. The van der Waals surface area contributed by atoms with Gasteiger partial charge in [-0.3, -0.25) is 19.4 Å². The van der Waals surface area contributed by atoms with E-state index in [1.807, 2.05) is 62.6 Å². The number of carbonyl (C=O) groups excluding carboxylic acids is 2. The van der Waals surface area contributed by atoms with Gasteiger partial charge in [-0.2, -0.15) is 0 Å². The number of benzene rings is 2. The van der Waals surface area contributed by atoms with E-state index < -0.39 is 0 Å². The van der Waals surface area contributed by atoms with Gasteiger partial charge in [-0.05, 0) is 55.5 Å². The van der Waals surface area contributed by atoms with Crippen molar-refractivity contribution in [3.8, 4) is 0 Å². The average molecular weight is 427 g/mol. The van der Waals surface area contributed by atoms with Gasteiger partial charge in [0.25, 0.3) is 0 Å². The summed E-state index contributed by atoms with van der Waals surface area (Å²) in [7, 11) is 0. The van der Waals surface area contributed by atoms with Crippen molar-refractivity contribution in [2.75, 3.05) is 56.2 Å². The first-order valence-electron chi connectivity index (χ1n) is 10.2. The lowest BCUT2D eigenvalue weighted by Gasteiger charge is -2.33. The van der Waals surface area contributed by atoms with E-state index in [0.717, 1.165) is 48.0 Å². The standard InChI is InChI=1S/C23H30N4O2S/c1-17-6-4-9-21(18(17)2)25-23(29)16-27-12-10-26(11-13-27)15-22(28)24-19-7-5-8-20(14-19)30-3/h4-9,14H,10-13,15-16H2,1-3H3,(H,24,28)(H,25,29). The number of thioether (sulfide) groups is 1. The van der Waals surface area contributed by atoms with Crippen molar-refractivity contribution in [3.05, 3.63) is 53.6 Å². The SMILES string of the molecule is CSc1cccc(NC(=O)CN2CCN(CC(=O)Nc3cccc(C)c3C)CC2)c1. The lowest BCUT2D eigenvalue weighted by atomic mass is 10.1. The average Bonchev–Trinajstić information content (AvgIpc) is 2.73. The molecule has 0 saturated carbocycles. The second-order valence-corrected chi connectivity index (χ2v) is 8.51. The second-order valence-electron chi connectivity index (χ2n) is 7.63. The molecule has 2 aromatic rings. The highest BCUT2D eigenvalue weighted by molar-refractivity contribution is 7.98. The second kappa shape index (κ2) is 10.6. The van der Waals surface area contributed by atoms with Gasteiger partial charge < -0.3 is 10.6 Å². The number of anilines is 2. The number of amides is 2. The third kappa shape index (κ3) is 6.32. The van der Waals surface area contributed by atoms with Gasteiger partial charge in [-0.15, -0.1) is 11.8 Å². The molecule has 0 radical (unpaired) electrons. The molecule has 1 fully saturated rings. The van der Waals surface area contributed by atoms with Gasteiger partial charge in [0.05, 0.1) is 13.1 Å². The molecule has 1 heterocycles. The minimum atomic E-state index is -0.00521. The summed E-state index contributed by atoms with van der Waals surface area (Å²) in [5, 5.41) is 5.99. The van der Waals surface area contributed by atoms with Crippen LogP contribution in [-0.2, 0) is 9.59 Å². The summed E-state index contributed by atoms with van der Waals surface area (Å²) in [6.07, 6.45) is 2.02. The smallest absolute Gasteiger partial charge is 0.238 e. The molecule has 1 aliphatic rings. The largest absolute Gasteiger partial charge is 0.325 e. The molecule has 0 atom stereocenters. The molecular formula is C23H30N4O2S. The van der Waals surface area contributed by atoms with E-state index >= 15 is 0 Å². The first-order valence-corrected chi connectivity index (χ1v) is 11.4. The minimum Gasteiger partial charge on any atom is -0.325 e. The molecule has 2 aromatic carbocycles. The summed E-state index contributed by atoms with van der Waals surface area (Å²) in [6, 6.07) is 13.8. The fraction of sp³-hybridized carbons (Fsp3) is 0.391. The van der Waals surface area contributed by atoms with Crippen LogP contribution >= 0.6 is 11.8 Å². The third-order valence-electron chi connectivity index (χ3n) is 5.43. The number of nitrogens with one attached hydrogen (secondary N) is 2. The van der Waals surface area contributed by atoms with Gasteiger partial charge >= 0.3 is 0 Å². The lowest BCUT2D eigenvalue weighted by Crippen LogP contribution is -2.50. The Balaban J connectivity index is 1.41. The molecule has 0 unspecified atom stereocenters. The van der Waals surface area contributed by atoms with Crippen LogP contribution in [0.25, 0.3) is 0 Å². The molecule has 1 saturated heterocycles. The zero-order valence-electron chi connectivity index (χ0n) is 17.9. The van der Waals surface area contributed by atoms with Crippen molar-refractivity contribution in [2.45, 2.75) is 18.7 Å². The number of carbonyl (C=O) groups is 2. The van der Waals surface area contributed by atoms with Crippen molar-refractivity contribution in [1.82, 2.24) is 9.80 Å². The van der Waals surface area contributed by atoms with Crippen LogP contribution in [0.2, 0.25) is 0 Å². The van der Waals surface area contributed by atoms with E-state index in [-0.39, 0.29) is 11.8 Å². The Morgan fingerprint density at radius 1 is 0.900 bits per heavy atom. The van der Waals surface area contributed by atoms with Gasteiger partial charge in [0.2, 0.25) is 11.8 Å². The van der Waals surface area contributed by atoms with Crippen molar-refractivity contribution in [3.63, 3.8) is 0 Å². The van der Waals surface area contributed by atoms with E-state index in [0.29, 0.717) is 13.1 Å². The van der Waals surface area contributed by atoms with E-state index in [4.69, 9.17) is 0 Å².